The fourth-order valence-corrected chi connectivity index (χ4v) is 5.15. The Morgan fingerprint density at radius 1 is 0.893 bits per heavy atom. The van der Waals surface area contributed by atoms with Gasteiger partial charge in [0, 0.05) is 44.6 Å². The van der Waals surface area contributed by atoms with Gasteiger partial charge in [-0.1, -0.05) is 12.1 Å². The molecular weight excluding hydrogens is 374 g/mol. The molecule has 0 N–H and O–H groups in total. The second-order valence-electron chi connectivity index (χ2n) is 6.98. The average Bonchev–Trinajstić information content (AvgIpc) is 3.25. The van der Waals surface area contributed by atoms with Gasteiger partial charge in [-0.15, -0.1) is 0 Å². The number of piperazine rings is 1. The van der Waals surface area contributed by atoms with Gasteiger partial charge in [0.1, 0.15) is 18.0 Å². The molecule has 0 bridgehead atoms. The van der Waals surface area contributed by atoms with E-state index in [1.807, 2.05) is 61.1 Å². The van der Waals surface area contributed by atoms with Crippen molar-refractivity contribution in [1.29, 1.82) is 0 Å². The van der Waals surface area contributed by atoms with E-state index in [1.165, 1.54) is 0 Å². The van der Waals surface area contributed by atoms with Gasteiger partial charge in [0.25, 0.3) is 0 Å². The Balaban J connectivity index is 1.51. The summed E-state index contributed by atoms with van der Waals surface area (Å²) in [6, 6.07) is 11.4. The summed E-state index contributed by atoms with van der Waals surface area (Å²) in [7, 11) is -3.49. The minimum atomic E-state index is -3.49. The number of hydrogen-bond donors (Lipinski definition) is 0. The molecule has 1 fully saturated rings. The Hall–Kier alpha value is -2.71. The molecule has 4 rings (SSSR count). The van der Waals surface area contributed by atoms with E-state index in [1.54, 1.807) is 16.7 Å². The zero-order chi connectivity index (χ0) is 19.7. The lowest BCUT2D eigenvalue weighted by Gasteiger charge is -2.35. The summed E-state index contributed by atoms with van der Waals surface area (Å²) in [5.41, 5.74) is 1.72. The number of rotatable bonds is 4. The van der Waals surface area contributed by atoms with Gasteiger partial charge in [-0.25, -0.2) is 18.4 Å². The molecule has 28 heavy (non-hydrogen) atoms. The molecule has 0 atom stereocenters. The fourth-order valence-electron chi connectivity index (χ4n) is 3.42. The molecule has 0 unspecified atom stereocenters. The standard InChI is InChI=1S/C20H23N5O2S/c1-16-5-6-17(2)18(13-16)28(26,27)25-11-9-24(10-12-25)20-14-19(21-15-22-20)23-7-3-4-8-23/h3-8,13-15H,9-12H2,1-2H3. The van der Waals surface area contributed by atoms with Crippen molar-refractivity contribution in [3.8, 4) is 5.82 Å². The summed E-state index contributed by atoms with van der Waals surface area (Å²) >= 11 is 0. The molecule has 1 saturated heterocycles. The molecule has 7 nitrogen and oxygen atoms in total. The predicted molar refractivity (Wildman–Crippen MR) is 108 cm³/mol. The molecule has 0 spiro atoms. The summed E-state index contributed by atoms with van der Waals surface area (Å²) in [6.45, 7) is 5.79. The number of aryl methyl sites for hydroxylation is 2. The Morgan fingerprint density at radius 2 is 1.57 bits per heavy atom. The maximum Gasteiger partial charge on any atom is 0.243 e. The molecule has 8 heteroatoms. The van der Waals surface area contributed by atoms with Crippen molar-refractivity contribution < 1.29 is 8.42 Å². The van der Waals surface area contributed by atoms with Crippen molar-refractivity contribution in [1.82, 2.24) is 18.8 Å². The van der Waals surface area contributed by atoms with Crippen LogP contribution in [0.1, 0.15) is 11.1 Å². The zero-order valence-electron chi connectivity index (χ0n) is 16.0. The molecule has 0 radical (unpaired) electrons. The second kappa shape index (κ2) is 7.37. The van der Waals surface area contributed by atoms with Crippen LogP contribution in [0.4, 0.5) is 5.82 Å². The van der Waals surface area contributed by atoms with Crippen LogP contribution in [-0.4, -0.2) is 53.4 Å². The summed E-state index contributed by atoms with van der Waals surface area (Å²) in [4.78, 5) is 11.2. The highest BCUT2D eigenvalue weighted by Crippen LogP contribution is 2.24. The Morgan fingerprint density at radius 3 is 2.29 bits per heavy atom. The molecule has 1 aromatic carbocycles. The average molecular weight is 398 g/mol. The van der Waals surface area contributed by atoms with Gasteiger partial charge < -0.3 is 9.47 Å². The van der Waals surface area contributed by atoms with Crippen molar-refractivity contribution >= 4 is 15.8 Å². The van der Waals surface area contributed by atoms with Crippen LogP contribution in [0.3, 0.4) is 0 Å². The molecule has 0 saturated carbocycles. The molecule has 2 aromatic heterocycles. The number of benzene rings is 1. The topological polar surface area (TPSA) is 71.3 Å². The number of nitrogens with zero attached hydrogens (tertiary/aromatic N) is 5. The summed E-state index contributed by atoms with van der Waals surface area (Å²) in [6.07, 6.45) is 5.41. The van der Waals surface area contributed by atoms with Crippen molar-refractivity contribution in [3.05, 3.63) is 66.2 Å². The van der Waals surface area contributed by atoms with Crippen LogP contribution in [0.5, 0.6) is 0 Å². The van der Waals surface area contributed by atoms with E-state index in [4.69, 9.17) is 0 Å². The van der Waals surface area contributed by atoms with Gasteiger partial charge in [-0.05, 0) is 43.2 Å². The second-order valence-corrected chi connectivity index (χ2v) is 8.89. The predicted octanol–water partition coefficient (Wildman–Crippen LogP) is 2.40. The number of anilines is 1. The first-order valence-corrected chi connectivity index (χ1v) is 10.7. The van der Waals surface area contributed by atoms with Crippen LogP contribution in [-0.2, 0) is 10.0 Å². The molecule has 0 aliphatic carbocycles. The monoisotopic (exact) mass is 397 g/mol. The quantitative estimate of drug-likeness (QED) is 0.676. The van der Waals surface area contributed by atoms with Gasteiger partial charge in [-0.2, -0.15) is 4.31 Å². The highest BCUT2D eigenvalue weighted by atomic mass is 32.2. The van der Waals surface area contributed by atoms with Crippen molar-refractivity contribution in [2.75, 3.05) is 31.1 Å². The first kappa shape index (κ1) is 18.6. The summed E-state index contributed by atoms with van der Waals surface area (Å²) in [5, 5.41) is 0. The highest BCUT2D eigenvalue weighted by molar-refractivity contribution is 7.89. The van der Waals surface area contributed by atoms with Crippen LogP contribution in [0.15, 0.2) is 60.0 Å². The van der Waals surface area contributed by atoms with Gasteiger partial charge >= 0.3 is 0 Å². The maximum atomic E-state index is 13.1. The first-order chi connectivity index (χ1) is 13.4. The van der Waals surface area contributed by atoms with E-state index in [0.29, 0.717) is 31.1 Å². The third-order valence-corrected chi connectivity index (χ3v) is 7.07. The van der Waals surface area contributed by atoms with Crippen molar-refractivity contribution in [3.63, 3.8) is 0 Å². The van der Waals surface area contributed by atoms with Crippen LogP contribution in [0.2, 0.25) is 0 Å². The zero-order valence-corrected chi connectivity index (χ0v) is 16.8. The van der Waals surface area contributed by atoms with E-state index in [2.05, 4.69) is 14.9 Å². The van der Waals surface area contributed by atoms with E-state index in [-0.39, 0.29) is 0 Å². The Labute approximate surface area is 165 Å². The molecule has 0 amide bonds. The van der Waals surface area contributed by atoms with Gasteiger partial charge in [0.15, 0.2) is 0 Å². The molecule has 3 aromatic rings. The minimum Gasteiger partial charge on any atom is -0.354 e. The largest absolute Gasteiger partial charge is 0.354 e. The third-order valence-electron chi connectivity index (χ3n) is 5.03. The highest BCUT2D eigenvalue weighted by Gasteiger charge is 2.30. The summed E-state index contributed by atoms with van der Waals surface area (Å²) in [5.74, 6) is 1.60. The van der Waals surface area contributed by atoms with Gasteiger partial charge in [0.2, 0.25) is 10.0 Å². The van der Waals surface area contributed by atoms with E-state index in [9.17, 15) is 8.42 Å². The first-order valence-electron chi connectivity index (χ1n) is 9.23. The fraction of sp³-hybridized carbons (Fsp3) is 0.300. The normalized spacial score (nSPS) is 15.7. The van der Waals surface area contributed by atoms with Crippen molar-refractivity contribution in [2.45, 2.75) is 18.7 Å². The lowest BCUT2D eigenvalue weighted by Crippen LogP contribution is -2.49. The molecule has 1 aliphatic rings. The van der Waals surface area contributed by atoms with Crippen LogP contribution < -0.4 is 4.90 Å². The molecule has 146 valence electrons. The lowest BCUT2D eigenvalue weighted by molar-refractivity contribution is 0.383. The third kappa shape index (κ3) is 3.53. The van der Waals surface area contributed by atoms with Gasteiger partial charge in [-0.3, -0.25) is 0 Å². The van der Waals surface area contributed by atoms with Gasteiger partial charge in [0.05, 0.1) is 4.90 Å². The Bertz CT molecular complexity index is 1070. The molecular formula is C20H23N5O2S. The van der Waals surface area contributed by atoms with Crippen LogP contribution in [0, 0.1) is 13.8 Å². The number of hydrogen-bond acceptors (Lipinski definition) is 5. The van der Waals surface area contributed by atoms with Crippen LogP contribution >= 0.6 is 0 Å². The van der Waals surface area contributed by atoms with Crippen molar-refractivity contribution in [2.24, 2.45) is 0 Å². The SMILES string of the molecule is Cc1ccc(C)c(S(=O)(=O)N2CCN(c3cc(-n4cccc4)ncn3)CC2)c1. The molecule has 3 heterocycles. The van der Waals surface area contributed by atoms with Crippen LogP contribution in [0.25, 0.3) is 5.82 Å². The maximum absolute atomic E-state index is 13.1. The smallest absolute Gasteiger partial charge is 0.243 e. The van der Waals surface area contributed by atoms with E-state index >= 15 is 0 Å². The van der Waals surface area contributed by atoms with E-state index < -0.39 is 10.0 Å². The Kier molecular flexibility index (Phi) is 4.91. The minimum absolute atomic E-state index is 0.401. The number of sulfonamides is 1. The number of aromatic nitrogens is 3. The summed E-state index contributed by atoms with van der Waals surface area (Å²) < 4.78 is 29.7. The molecule has 1 aliphatic heterocycles. The lowest BCUT2D eigenvalue weighted by atomic mass is 10.2. The van der Waals surface area contributed by atoms with E-state index in [0.717, 1.165) is 22.8 Å².